The predicted molar refractivity (Wildman–Crippen MR) is 101 cm³/mol. The molecule has 2 saturated heterocycles. The zero-order chi connectivity index (χ0) is 18.0. The molecule has 2 heterocycles. The van der Waals surface area contributed by atoms with Gasteiger partial charge in [-0.3, -0.25) is 9.10 Å². The summed E-state index contributed by atoms with van der Waals surface area (Å²) in [5.74, 6) is 0.113. The second-order valence-electron chi connectivity index (χ2n) is 6.82. The zero-order valence-corrected chi connectivity index (χ0v) is 16.2. The molecule has 2 aliphatic heterocycles. The molecule has 1 aromatic rings. The first-order valence-corrected chi connectivity index (χ1v) is 11.0. The molecular weight excluding hydrogens is 360 g/mol. The highest BCUT2D eigenvalue weighted by atomic mass is 35.5. The van der Waals surface area contributed by atoms with Crippen LogP contribution in [-0.2, 0) is 10.0 Å². The van der Waals surface area contributed by atoms with Crippen LogP contribution in [-0.4, -0.2) is 44.1 Å². The number of nitrogens with zero attached hydrogens (tertiary/aromatic N) is 2. The van der Waals surface area contributed by atoms with E-state index in [2.05, 4.69) is 6.92 Å². The number of hydrogen-bond donors (Lipinski definition) is 0. The Morgan fingerprint density at radius 2 is 1.96 bits per heavy atom. The number of sulfonamides is 1. The fraction of sp³-hybridized carbons (Fsp3) is 0.611. The molecule has 2 aliphatic rings. The highest BCUT2D eigenvalue weighted by Gasteiger charge is 2.29. The molecule has 0 N–H and O–H groups in total. The second kappa shape index (κ2) is 7.54. The van der Waals surface area contributed by atoms with E-state index in [4.69, 9.17) is 11.6 Å². The molecule has 1 unspecified atom stereocenters. The van der Waals surface area contributed by atoms with E-state index < -0.39 is 10.0 Å². The number of rotatable bonds is 3. The van der Waals surface area contributed by atoms with Gasteiger partial charge in [0.25, 0.3) is 5.91 Å². The fourth-order valence-electron chi connectivity index (χ4n) is 3.76. The topological polar surface area (TPSA) is 57.7 Å². The Labute approximate surface area is 155 Å². The van der Waals surface area contributed by atoms with Gasteiger partial charge in [-0.25, -0.2) is 8.42 Å². The van der Waals surface area contributed by atoms with Crippen LogP contribution in [0.4, 0.5) is 5.69 Å². The molecular formula is C18H25ClN2O3S. The minimum Gasteiger partial charge on any atom is -0.336 e. The molecule has 25 heavy (non-hydrogen) atoms. The van der Waals surface area contributed by atoms with Gasteiger partial charge in [-0.15, -0.1) is 0 Å². The number of benzene rings is 1. The smallest absolute Gasteiger partial charge is 0.255 e. The van der Waals surface area contributed by atoms with Gasteiger partial charge in [-0.2, -0.15) is 0 Å². The van der Waals surface area contributed by atoms with E-state index >= 15 is 0 Å². The molecule has 1 aromatic carbocycles. The van der Waals surface area contributed by atoms with Gasteiger partial charge in [0.15, 0.2) is 0 Å². The van der Waals surface area contributed by atoms with E-state index in [9.17, 15) is 13.2 Å². The molecule has 0 radical (unpaired) electrons. The van der Waals surface area contributed by atoms with Crippen LogP contribution >= 0.6 is 11.6 Å². The van der Waals surface area contributed by atoms with Crippen LogP contribution in [0.2, 0.25) is 5.02 Å². The van der Waals surface area contributed by atoms with Crippen molar-refractivity contribution in [1.29, 1.82) is 0 Å². The van der Waals surface area contributed by atoms with Crippen molar-refractivity contribution in [3.63, 3.8) is 0 Å². The molecule has 5 nitrogen and oxygen atoms in total. The number of carbonyl (C=O) groups excluding carboxylic acids is 1. The minimum atomic E-state index is -3.28. The van der Waals surface area contributed by atoms with E-state index in [0.29, 0.717) is 29.2 Å². The third-order valence-corrected chi connectivity index (χ3v) is 7.36. The van der Waals surface area contributed by atoms with Crippen molar-refractivity contribution in [3.8, 4) is 0 Å². The van der Waals surface area contributed by atoms with E-state index in [-0.39, 0.29) is 17.7 Å². The normalized spacial score (nSPS) is 23.5. The largest absolute Gasteiger partial charge is 0.336 e. The van der Waals surface area contributed by atoms with Crippen molar-refractivity contribution in [2.45, 2.75) is 51.5 Å². The van der Waals surface area contributed by atoms with Crippen molar-refractivity contribution in [3.05, 3.63) is 28.8 Å². The minimum absolute atomic E-state index is 0.0513. The van der Waals surface area contributed by atoms with E-state index in [1.165, 1.54) is 4.31 Å². The summed E-state index contributed by atoms with van der Waals surface area (Å²) in [6, 6.07) is 5.25. The summed E-state index contributed by atoms with van der Waals surface area (Å²) in [7, 11) is -3.28. The van der Waals surface area contributed by atoms with Crippen molar-refractivity contribution in [2.24, 2.45) is 0 Å². The molecule has 0 saturated carbocycles. The average molecular weight is 385 g/mol. The van der Waals surface area contributed by atoms with E-state index in [1.54, 1.807) is 18.2 Å². The lowest BCUT2D eigenvalue weighted by Gasteiger charge is -2.35. The standard InChI is InChI=1S/C18H25ClN2O3S/c1-2-14-7-3-4-10-20(14)18(22)16-9-8-15(13-17(16)19)21-11-5-6-12-25(21,23)24/h8-9,13-14H,2-7,10-12H2,1H3. The van der Waals surface area contributed by atoms with Crippen molar-refractivity contribution >= 4 is 33.2 Å². The lowest BCUT2D eigenvalue weighted by atomic mass is 9.99. The van der Waals surface area contributed by atoms with Crippen LogP contribution in [0.5, 0.6) is 0 Å². The van der Waals surface area contributed by atoms with Crippen molar-refractivity contribution in [1.82, 2.24) is 4.90 Å². The molecule has 0 aliphatic carbocycles. The summed E-state index contributed by atoms with van der Waals surface area (Å²) in [5.41, 5.74) is 1.01. The zero-order valence-electron chi connectivity index (χ0n) is 14.6. The van der Waals surface area contributed by atoms with Gasteiger partial charge in [0.05, 0.1) is 22.0 Å². The van der Waals surface area contributed by atoms with Crippen molar-refractivity contribution < 1.29 is 13.2 Å². The Morgan fingerprint density at radius 1 is 1.20 bits per heavy atom. The SMILES string of the molecule is CCC1CCCCN1C(=O)c1ccc(N2CCCCS2(=O)=O)cc1Cl. The monoisotopic (exact) mass is 384 g/mol. The summed E-state index contributed by atoms with van der Waals surface area (Å²) in [5, 5.41) is 0.323. The number of anilines is 1. The lowest BCUT2D eigenvalue weighted by molar-refractivity contribution is 0.0608. The maximum atomic E-state index is 12.9. The molecule has 7 heteroatoms. The Bertz CT molecular complexity index is 751. The first kappa shape index (κ1) is 18.5. The quantitative estimate of drug-likeness (QED) is 0.798. The van der Waals surface area contributed by atoms with Gasteiger partial charge in [-0.05, 0) is 56.7 Å². The van der Waals surface area contributed by atoms with Gasteiger partial charge in [0, 0.05) is 19.1 Å². The summed E-state index contributed by atoms with van der Waals surface area (Å²) in [6.07, 6.45) is 5.67. The third kappa shape index (κ3) is 3.80. The predicted octanol–water partition coefficient (Wildman–Crippen LogP) is 3.67. The molecule has 2 fully saturated rings. The first-order chi connectivity index (χ1) is 11.9. The van der Waals surface area contributed by atoms with Crippen LogP contribution in [0.3, 0.4) is 0 Å². The number of likely N-dealkylation sites (tertiary alicyclic amines) is 1. The highest BCUT2D eigenvalue weighted by Crippen LogP contribution is 2.30. The number of hydrogen-bond acceptors (Lipinski definition) is 3. The van der Waals surface area contributed by atoms with Gasteiger partial charge < -0.3 is 4.90 Å². The van der Waals surface area contributed by atoms with Crippen LogP contribution in [0.15, 0.2) is 18.2 Å². The average Bonchev–Trinajstić information content (AvgIpc) is 2.60. The van der Waals surface area contributed by atoms with Crippen molar-refractivity contribution in [2.75, 3.05) is 23.1 Å². The fourth-order valence-corrected chi connectivity index (χ4v) is 5.65. The molecule has 0 bridgehead atoms. The first-order valence-electron chi connectivity index (χ1n) is 9.05. The summed E-state index contributed by atoms with van der Waals surface area (Å²) >= 11 is 6.38. The van der Waals surface area contributed by atoms with Crippen LogP contribution in [0.25, 0.3) is 0 Å². The molecule has 0 aromatic heterocycles. The van der Waals surface area contributed by atoms with Crippen LogP contribution < -0.4 is 4.31 Å². The number of carbonyl (C=O) groups is 1. The maximum absolute atomic E-state index is 12.9. The van der Waals surface area contributed by atoms with Gasteiger partial charge in [-0.1, -0.05) is 18.5 Å². The molecule has 138 valence electrons. The summed E-state index contributed by atoms with van der Waals surface area (Å²) in [4.78, 5) is 14.8. The van der Waals surface area contributed by atoms with Gasteiger partial charge in [0.2, 0.25) is 10.0 Å². The number of piperidine rings is 1. The van der Waals surface area contributed by atoms with E-state index in [0.717, 1.165) is 38.6 Å². The molecule has 1 atom stereocenters. The second-order valence-corrected chi connectivity index (χ2v) is 9.24. The Balaban J connectivity index is 1.85. The number of amides is 1. The summed E-state index contributed by atoms with van der Waals surface area (Å²) < 4.78 is 25.9. The third-order valence-electron chi connectivity index (χ3n) is 5.18. The highest BCUT2D eigenvalue weighted by molar-refractivity contribution is 7.92. The number of halogens is 1. The van der Waals surface area contributed by atoms with E-state index in [1.807, 2.05) is 4.90 Å². The van der Waals surface area contributed by atoms with Crippen LogP contribution in [0.1, 0.15) is 55.8 Å². The van der Waals surface area contributed by atoms with Gasteiger partial charge in [0.1, 0.15) is 0 Å². The maximum Gasteiger partial charge on any atom is 0.255 e. The molecule has 1 amide bonds. The summed E-state index contributed by atoms with van der Waals surface area (Å²) in [6.45, 7) is 3.33. The van der Waals surface area contributed by atoms with Gasteiger partial charge >= 0.3 is 0 Å². The van der Waals surface area contributed by atoms with Crippen LogP contribution in [0, 0.1) is 0 Å². The molecule has 3 rings (SSSR count). The Morgan fingerprint density at radius 3 is 2.64 bits per heavy atom. The lowest BCUT2D eigenvalue weighted by Crippen LogP contribution is -2.43. The Hall–Kier alpha value is -1.27. The molecule has 0 spiro atoms. The Kier molecular flexibility index (Phi) is 5.58.